The number of carbonyl (C=O) groups excluding carboxylic acids is 1. The highest BCUT2D eigenvalue weighted by Gasteiger charge is 2.24. The fourth-order valence-corrected chi connectivity index (χ4v) is 9.05. The Morgan fingerprint density at radius 1 is 0.615 bits per heavy atom. The molecule has 4 rings (SSSR count). The van der Waals surface area contributed by atoms with Gasteiger partial charge < -0.3 is 16.4 Å². The number of sulfone groups is 2. The number of nitrogens with zero attached hydrogens (tertiary/aromatic N) is 6. The van der Waals surface area contributed by atoms with E-state index in [2.05, 4.69) is 60.1 Å². The van der Waals surface area contributed by atoms with E-state index in [-0.39, 0.29) is 76.0 Å². The predicted octanol–water partition coefficient (Wildman–Crippen LogP) is 6.56. The average molecular weight is 1030 g/mol. The number of rotatable bonds is 24. The molecule has 65 heavy (non-hydrogen) atoms. The Bertz CT molecular complexity index is 2910. The summed E-state index contributed by atoms with van der Waals surface area (Å²) in [5.74, 6) is -1.83. The van der Waals surface area contributed by atoms with E-state index in [1.54, 1.807) is 0 Å². The van der Waals surface area contributed by atoms with Crippen LogP contribution in [0, 0.1) is 0 Å². The largest absolute Gasteiger partial charge is 0.397 e. The van der Waals surface area contributed by atoms with Crippen molar-refractivity contribution in [3.63, 3.8) is 0 Å². The lowest BCUT2D eigenvalue weighted by Crippen LogP contribution is -2.12. The van der Waals surface area contributed by atoms with E-state index in [0.29, 0.717) is 6.07 Å². The molecule has 0 aliphatic rings. The minimum absolute atomic E-state index is 0.0741. The van der Waals surface area contributed by atoms with Crippen LogP contribution in [0.15, 0.2) is 117 Å². The second-order valence-electron chi connectivity index (χ2n) is 12.1. The third-order valence-electron chi connectivity index (χ3n) is 7.73. The number of nitrogens with one attached hydrogen (secondary N) is 2. The number of nitrogens with two attached hydrogens (primary N) is 1. The van der Waals surface area contributed by atoms with Crippen molar-refractivity contribution in [1.29, 1.82) is 0 Å². The molecule has 0 radical (unpaired) electrons. The predicted molar refractivity (Wildman–Crippen MR) is 227 cm³/mol. The van der Waals surface area contributed by atoms with Crippen molar-refractivity contribution < 1.29 is 85.2 Å². The first-order valence-corrected chi connectivity index (χ1v) is 24.6. The lowest BCUT2D eigenvalue weighted by atomic mass is 10.2. The van der Waals surface area contributed by atoms with Gasteiger partial charge in [-0.1, -0.05) is 10.1 Å². The lowest BCUT2D eigenvalue weighted by molar-refractivity contribution is -0.434. The molecule has 1 amide bonds. The summed E-state index contributed by atoms with van der Waals surface area (Å²) in [6.07, 6.45) is 0. The Morgan fingerprint density at radius 3 is 1.66 bits per heavy atom. The van der Waals surface area contributed by atoms with E-state index < -0.39 is 90.0 Å². The first-order chi connectivity index (χ1) is 30.6. The van der Waals surface area contributed by atoms with Crippen molar-refractivity contribution in [3.8, 4) is 0 Å². The summed E-state index contributed by atoms with van der Waals surface area (Å²) in [7, 11) is -16.8. The van der Waals surface area contributed by atoms with Crippen LogP contribution in [-0.2, 0) is 71.8 Å². The summed E-state index contributed by atoms with van der Waals surface area (Å²) in [5.41, 5.74) is 4.47. The number of hydrogen-bond donors (Lipinski definition) is 7. The van der Waals surface area contributed by atoms with Gasteiger partial charge in [-0.05, 0) is 66.7 Å². The van der Waals surface area contributed by atoms with Gasteiger partial charge in [0.05, 0.1) is 57.3 Å². The van der Waals surface area contributed by atoms with Gasteiger partial charge in [-0.3, -0.25) is 22.3 Å². The average Bonchev–Trinajstić information content (AvgIpc) is 3.23. The zero-order valence-corrected chi connectivity index (χ0v) is 37.7. The SMILES string of the molecule is CNc1cc(N)c(N=Nc2ccc(S(=O)(=O)CCOSOOO)cc2S(=O)(=O)O)cc1N=Nc1cc(NC(C)=O)c(N=Nc2ccc(S(=O)(=O)CCOSOOO)cc2)cc1S(=O)(=O)O. The van der Waals surface area contributed by atoms with Gasteiger partial charge in [0.15, 0.2) is 44.3 Å². The minimum Gasteiger partial charge on any atom is -0.397 e. The van der Waals surface area contributed by atoms with Crippen molar-refractivity contribution in [2.45, 2.75) is 26.5 Å². The molecular formula is C31H33N9O19S6. The fraction of sp³-hybridized carbons (Fsp3) is 0.194. The standard InChI is InChI=1S/C31H33N9O19S6/c1-18(41)34-26-16-29(31(65(51,52)53)17-28(26)38-35-19-3-5-20(6-4-19)62(44,45)11-9-54-60-58-56-42)40-39-27-15-24(22(32)14-25(27)33-2)37-36-23-8-7-21(13-30(23)64(48,49)50)63(46,47)12-10-55-61-59-57-43/h3-8,13-17,33,42-43H,9-12,32H2,1-2H3,(H,34,41)(H,48,49,50)(H,51,52,53). The maximum absolute atomic E-state index is 12.8. The zero-order valence-electron chi connectivity index (χ0n) is 32.8. The molecular weight excluding hydrogens is 995 g/mol. The molecule has 352 valence electrons. The van der Waals surface area contributed by atoms with Crippen LogP contribution in [0.5, 0.6) is 0 Å². The van der Waals surface area contributed by atoms with E-state index in [1.807, 2.05) is 0 Å². The molecule has 0 aromatic heterocycles. The lowest BCUT2D eigenvalue weighted by Gasteiger charge is -2.11. The Labute approximate surface area is 377 Å². The van der Waals surface area contributed by atoms with Crippen LogP contribution in [0.4, 0.5) is 51.2 Å². The van der Waals surface area contributed by atoms with Gasteiger partial charge in [0.1, 0.15) is 38.2 Å². The molecule has 28 nitrogen and oxygen atoms in total. The number of hydrogen-bond acceptors (Lipinski definition) is 27. The Kier molecular flexibility index (Phi) is 18.8. The quantitative estimate of drug-likeness (QED) is 0.00743. The van der Waals surface area contributed by atoms with Gasteiger partial charge in [-0.15, -0.1) is 34.2 Å². The normalized spacial score (nSPS) is 12.7. The number of anilines is 3. The highest BCUT2D eigenvalue weighted by molar-refractivity contribution is 7.92. The molecule has 8 N–H and O–H groups in total. The topological polar surface area (TPSA) is 414 Å². The maximum Gasteiger partial charge on any atom is 0.296 e. The van der Waals surface area contributed by atoms with E-state index in [1.165, 1.54) is 43.4 Å². The molecule has 0 heterocycles. The Balaban J connectivity index is 1.68. The van der Waals surface area contributed by atoms with E-state index >= 15 is 0 Å². The van der Waals surface area contributed by atoms with Crippen molar-refractivity contribution in [1.82, 2.24) is 0 Å². The van der Waals surface area contributed by atoms with Gasteiger partial charge in [-0.2, -0.15) is 21.9 Å². The zero-order chi connectivity index (χ0) is 48.0. The van der Waals surface area contributed by atoms with Gasteiger partial charge in [0, 0.05) is 14.0 Å². The summed E-state index contributed by atoms with van der Waals surface area (Å²) >= 11 is 0.317. The number of amides is 1. The summed E-state index contributed by atoms with van der Waals surface area (Å²) in [5, 5.41) is 51.8. The molecule has 0 spiro atoms. The molecule has 0 aliphatic carbocycles. The van der Waals surface area contributed by atoms with Crippen LogP contribution in [0.1, 0.15) is 6.92 Å². The summed E-state index contributed by atoms with van der Waals surface area (Å²) in [6.45, 7) is 0.291. The van der Waals surface area contributed by atoms with Gasteiger partial charge in [0.2, 0.25) is 5.91 Å². The summed E-state index contributed by atoms with van der Waals surface area (Å²) in [6, 6.07) is 11.8. The second kappa shape index (κ2) is 23.3. The van der Waals surface area contributed by atoms with E-state index in [0.717, 1.165) is 31.2 Å². The number of azo groups is 3. The van der Waals surface area contributed by atoms with E-state index in [9.17, 15) is 47.6 Å². The highest BCUT2D eigenvalue weighted by Crippen LogP contribution is 2.41. The van der Waals surface area contributed by atoms with Crippen molar-refractivity contribution >= 4 is 122 Å². The van der Waals surface area contributed by atoms with Crippen LogP contribution in [0.3, 0.4) is 0 Å². The third-order valence-corrected chi connectivity index (χ3v) is 13.6. The Morgan fingerprint density at radius 2 is 1.11 bits per heavy atom. The molecule has 0 saturated heterocycles. The molecule has 0 unspecified atom stereocenters. The second-order valence-corrected chi connectivity index (χ2v) is 20.1. The highest BCUT2D eigenvalue weighted by atomic mass is 32.2. The molecule has 0 fully saturated rings. The van der Waals surface area contributed by atoms with Gasteiger partial charge in [0.25, 0.3) is 20.2 Å². The number of benzene rings is 4. The van der Waals surface area contributed by atoms with Gasteiger partial charge in [-0.25, -0.2) is 27.4 Å². The molecule has 34 heteroatoms. The molecule has 4 aromatic carbocycles. The monoisotopic (exact) mass is 1030 g/mol. The fourth-order valence-electron chi connectivity index (χ4n) is 4.86. The third kappa shape index (κ3) is 15.5. The molecule has 0 saturated carbocycles. The van der Waals surface area contributed by atoms with Crippen molar-refractivity contribution in [2.24, 2.45) is 30.7 Å². The molecule has 0 aliphatic heterocycles. The van der Waals surface area contributed by atoms with Crippen LogP contribution in [0.2, 0.25) is 0 Å². The minimum atomic E-state index is -5.12. The smallest absolute Gasteiger partial charge is 0.296 e. The molecule has 0 atom stereocenters. The van der Waals surface area contributed by atoms with Crippen LogP contribution >= 0.6 is 24.6 Å². The number of carbonyl (C=O) groups is 1. The maximum atomic E-state index is 12.8. The van der Waals surface area contributed by atoms with Crippen LogP contribution in [-0.4, -0.2) is 91.0 Å². The molecule has 4 aromatic rings. The van der Waals surface area contributed by atoms with Crippen molar-refractivity contribution in [2.75, 3.05) is 48.1 Å². The Hall–Kier alpha value is -5.15. The van der Waals surface area contributed by atoms with Crippen LogP contribution < -0.4 is 16.4 Å². The van der Waals surface area contributed by atoms with E-state index in [4.69, 9.17) is 24.6 Å². The van der Waals surface area contributed by atoms with Crippen molar-refractivity contribution in [3.05, 3.63) is 66.7 Å². The van der Waals surface area contributed by atoms with Crippen LogP contribution in [0.25, 0.3) is 0 Å². The first kappa shape index (κ1) is 52.5. The summed E-state index contributed by atoms with van der Waals surface area (Å²) < 4.78 is 138. The number of nitrogen functional groups attached to an aromatic ring is 1. The first-order valence-electron chi connectivity index (χ1n) is 17.1. The van der Waals surface area contributed by atoms with Gasteiger partial charge >= 0.3 is 0 Å². The molecule has 0 bridgehead atoms. The summed E-state index contributed by atoms with van der Waals surface area (Å²) in [4.78, 5) is 9.67.